The zero-order valence-electron chi connectivity index (χ0n) is 16.8. The van der Waals surface area contributed by atoms with Crippen LogP contribution in [0.4, 0.5) is 0 Å². The van der Waals surface area contributed by atoms with E-state index >= 15 is 0 Å². The fourth-order valence-electron chi connectivity index (χ4n) is 3.87. The van der Waals surface area contributed by atoms with E-state index in [4.69, 9.17) is 0 Å². The van der Waals surface area contributed by atoms with Crippen LogP contribution in [0.1, 0.15) is 47.5 Å². The number of piperidine rings is 1. The van der Waals surface area contributed by atoms with Gasteiger partial charge < -0.3 is 9.47 Å². The van der Waals surface area contributed by atoms with Crippen LogP contribution < -0.4 is 0 Å². The van der Waals surface area contributed by atoms with Crippen molar-refractivity contribution in [3.63, 3.8) is 0 Å². The lowest BCUT2D eigenvalue weighted by Gasteiger charge is -2.31. The first kappa shape index (κ1) is 19.2. The van der Waals surface area contributed by atoms with Crippen LogP contribution in [0, 0.1) is 11.8 Å². The fraction of sp³-hybridized carbons (Fsp3) is 0.409. The molecule has 29 heavy (non-hydrogen) atoms. The lowest BCUT2D eigenvalue weighted by molar-refractivity contribution is 0.0635. The Kier molecular flexibility index (Phi) is 5.38. The summed E-state index contributed by atoms with van der Waals surface area (Å²) in [5.74, 6) is 0.169. The van der Waals surface area contributed by atoms with E-state index in [1.165, 1.54) is 0 Å². The minimum absolute atomic E-state index is 0.00380. The van der Waals surface area contributed by atoms with E-state index in [1.807, 2.05) is 10.6 Å². The van der Waals surface area contributed by atoms with Crippen molar-refractivity contribution in [1.29, 1.82) is 0 Å². The lowest BCUT2D eigenvalue weighted by atomic mass is 9.91. The highest BCUT2D eigenvalue weighted by Gasteiger charge is 2.30. The van der Waals surface area contributed by atoms with Crippen LogP contribution in [-0.2, 0) is 6.54 Å². The van der Waals surface area contributed by atoms with Crippen LogP contribution in [0.5, 0.6) is 0 Å². The molecule has 0 radical (unpaired) electrons. The Morgan fingerprint density at radius 1 is 1.21 bits per heavy atom. The maximum Gasteiger partial charge on any atom is 0.255 e. The van der Waals surface area contributed by atoms with E-state index in [0.29, 0.717) is 30.3 Å². The molecule has 0 spiro atoms. The SMILES string of the molecule is CC(C)Cn1cnc2cc(C(=O)N3CCCC(C(=O)c4ccccn4)C3)cnc21. The van der Waals surface area contributed by atoms with Gasteiger partial charge in [-0.15, -0.1) is 0 Å². The minimum Gasteiger partial charge on any atom is -0.338 e. The molecular formula is C22H25N5O2. The van der Waals surface area contributed by atoms with E-state index in [2.05, 4.69) is 28.8 Å². The quantitative estimate of drug-likeness (QED) is 0.624. The molecular weight excluding hydrogens is 366 g/mol. The summed E-state index contributed by atoms with van der Waals surface area (Å²) in [6.07, 6.45) is 6.59. The first-order chi connectivity index (χ1) is 14.0. The molecule has 0 aliphatic carbocycles. The topological polar surface area (TPSA) is 81.0 Å². The van der Waals surface area contributed by atoms with Gasteiger partial charge in [-0.25, -0.2) is 9.97 Å². The summed E-state index contributed by atoms with van der Waals surface area (Å²) in [5.41, 5.74) is 2.48. The predicted molar refractivity (Wildman–Crippen MR) is 110 cm³/mol. The molecule has 3 aromatic rings. The zero-order chi connectivity index (χ0) is 20.4. The maximum atomic E-state index is 13.1. The molecule has 0 aromatic carbocycles. The van der Waals surface area contributed by atoms with Crippen molar-refractivity contribution in [3.05, 3.63) is 54.2 Å². The number of hydrogen-bond acceptors (Lipinski definition) is 5. The number of ketones is 1. The van der Waals surface area contributed by atoms with Crippen molar-refractivity contribution >= 4 is 22.9 Å². The number of nitrogens with zero attached hydrogens (tertiary/aromatic N) is 5. The van der Waals surface area contributed by atoms with E-state index < -0.39 is 0 Å². The molecule has 4 heterocycles. The van der Waals surface area contributed by atoms with Gasteiger partial charge in [0.05, 0.1) is 11.9 Å². The van der Waals surface area contributed by atoms with Crippen LogP contribution in [0.15, 0.2) is 43.0 Å². The Morgan fingerprint density at radius 2 is 2.07 bits per heavy atom. The van der Waals surface area contributed by atoms with Crippen molar-refractivity contribution in [1.82, 2.24) is 24.4 Å². The van der Waals surface area contributed by atoms with Gasteiger partial charge in [-0.1, -0.05) is 19.9 Å². The zero-order valence-corrected chi connectivity index (χ0v) is 16.8. The van der Waals surface area contributed by atoms with Gasteiger partial charge in [0.15, 0.2) is 11.4 Å². The monoisotopic (exact) mass is 391 g/mol. The second-order valence-corrected chi connectivity index (χ2v) is 8.03. The Hall–Kier alpha value is -3.09. The Morgan fingerprint density at radius 3 is 2.83 bits per heavy atom. The van der Waals surface area contributed by atoms with Gasteiger partial charge in [0, 0.05) is 37.9 Å². The maximum absolute atomic E-state index is 13.1. The highest BCUT2D eigenvalue weighted by molar-refractivity contribution is 5.99. The first-order valence-electron chi connectivity index (χ1n) is 10.1. The number of likely N-dealkylation sites (tertiary alicyclic amines) is 1. The lowest BCUT2D eigenvalue weighted by Crippen LogP contribution is -2.42. The van der Waals surface area contributed by atoms with Crippen molar-refractivity contribution in [2.75, 3.05) is 13.1 Å². The normalized spacial score (nSPS) is 17.1. The average molecular weight is 391 g/mol. The summed E-state index contributed by atoms with van der Waals surface area (Å²) < 4.78 is 2.01. The highest BCUT2D eigenvalue weighted by atomic mass is 16.2. The van der Waals surface area contributed by atoms with E-state index in [9.17, 15) is 9.59 Å². The van der Waals surface area contributed by atoms with Crippen LogP contribution >= 0.6 is 0 Å². The van der Waals surface area contributed by atoms with Crippen molar-refractivity contribution in [2.45, 2.75) is 33.2 Å². The van der Waals surface area contributed by atoms with Crippen molar-refractivity contribution in [3.8, 4) is 0 Å². The number of aromatic nitrogens is 4. The number of hydrogen-bond donors (Lipinski definition) is 0. The third kappa shape index (κ3) is 4.04. The van der Waals surface area contributed by atoms with Crippen molar-refractivity contribution in [2.24, 2.45) is 11.8 Å². The molecule has 1 aliphatic heterocycles. The summed E-state index contributed by atoms with van der Waals surface area (Å²) in [7, 11) is 0. The molecule has 7 nitrogen and oxygen atoms in total. The Balaban J connectivity index is 1.51. The molecule has 0 bridgehead atoms. The highest BCUT2D eigenvalue weighted by Crippen LogP contribution is 2.22. The number of fused-ring (bicyclic) bond motifs is 1. The summed E-state index contributed by atoms with van der Waals surface area (Å²) >= 11 is 0. The number of carbonyl (C=O) groups is 2. The van der Waals surface area contributed by atoms with Gasteiger partial charge in [-0.2, -0.15) is 0 Å². The van der Waals surface area contributed by atoms with Gasteiger partial charge in [0.2, 0.25) is 0 Å². The molecule has 0 saturated carbocycles. The summed E-state index contributed by atoms with van der Waals surface area (Å²) in [6.45, 7) is 6.17. The molecule has 150 valence electrons. The molecule has 4 rings (SSSR count). The Bertz CT molecular complexity index is 1030. The van der Waals surface area contributed by atoms with E-state index in [0.717, 1.165) is 30.6 Å². The second kappa shape index (κ2) is 8.11. The number of Topliss-reactive ketones (excluding diaryl/α,β-unsaturated/α-hetero) is 1. The third-order valence-electron chi connectivity index (χ3n) is 5.26. The van der Waals surface area contributed by atoms with Gasteiger partial charge in [0.25, 0.3) is 5.91 Å². The van der Waals surface area contributed by atoms with Gasteiger partial charge in [-0.3, -0.25) is 14.6 Å². The van der Waals surface area contributed by atoms with Crippen LogP contribution in [0.2, 0.25) is 0 Å². The third-order valence-corrected chi connectivity index (χ3v) is 5.26. The molecule has 7 heteroatoms. The first-order valence-corrected chi connectivity index (χ1v) is 10.1. The fourth-order valence-corrected chi connectivity index (χ4v) is 3.87. The van der Waals surface area contributed by atoms with Gasteiger partial charge >= 0.3 is 0 Å². The molecule has 1 unspecified atom stereocenters. The standard InChI is InChI=1S/C22H25N5O2/c1-15(2)12-27-14-25-19-10-17(11-24-21(19)27)22(29)26-9-5-6-16(13-26)20(28)18-7-3-4-8-23-18/h3-4,7-8,10-11,14-16H,5-6,9,12-13H2,1-2H3. The molecule has 0 N–H and O–H groups in total. The summed E-state index contributed by atoms with van der Waals surface area (Å²) in [6, 6.07) is 7.13. The van der Waals surface area contributed by atoms with E-state index in [-0.39, 0.29) is 17.6 Å². The number of pyridine rings is 2. The molecule has 1 amide bonds. The van der Waals surface area contributed by atoms with Crippen LogP contribution in [-0.4, -0.2) is 49.2 Å². The molecule has 3 aromatic heterocycles. The summed E-state index contributed by atoms with van der Waals surface area (Å²) in [4.78, 5) is 40.6. The van der Waals surface area contributed by atoms with Crippen molar-refractivity contribution < 1.29 is 9.59 Å². The largest absolute Gasteiger partial charge is 0.338 e. The number of carbonyl (C=O) groups excluding carboxylic acids is 2. The number of imidazole rings is 1. The number of amides is 1. The average Bonchev–Trinajstić information content (AvgIpc) is 3.14. The van der Waals surface area contributed by atoms with Gasteiger partial charge in [0.1, 0.15) is 11.2 Å². The Labute approximate surface area is 169 Å². The van der Waals surface area contributed by atoms with E-state index in [1.54, 1.807) is 41.8 Å². The molecule has 1 atom stereocenters. The molecule has 1 saturated heterocycles. The predicted octanol–water partition coefficient (Wildman–Crippen LogP) is 3.22. The van der Waals surface area contributed by atoms with Gasteiger partial charge in [-0.05, 0) is 37.0 Å². The minimum atomic E-state index is -0.218. The smallest absolute Gasteiger partial charge is 0.255 e. The number of rotatable bonds is 5. The van der Waals surface area contributed by atoms with Crippen LogP contribution in [0.3, 0.4) is 0 Å². The second-order valence-electron chi connectivity index (χ2n) is 8.03. The molecule has 1 aliphatic rings. The molecule has 1 fully saturated rings. The summed E-state index contributed by atoms with van der Waals surface area (Å²) in [5, 5.41) is 0. The van der Waals surface area contributed by atoms with Crippen LogP contribution in [0.25, 0.3) is 11.2 Å².